The Kier molecular flexibility index (Phi) is 4.98. The van der Waals surface area contributed by atoms with Crippen LogP contribution in [0.4, 0.5) is 0 Å². The van der Waals surface area contributed by atoms with Gasteiger partial charge in [0.25, 0.3) is 0 Å². The van der Waals surface area contributed by atoms with Crippen molar-refractivity contribution in [2.45, 2.75) is 51.5 Å². The third-order valence-corrected chi connectivity index (χ3v) is 4.98. The molecule has 1 N–H and O–H groups in total. The minimum atomic E-state index is 0.0841. The van der Waals surface area contributed by atoms with Gasteiger partial charge in [0.15, 0.2) is 0 Å². The van der Waals surface area contributed by atoms with E-state index in [9.17, 15) is 0 Å². The predicted molar refractivity (Wildman–Crippen MR) is 82.9 cm³/mol. The Bertz CT molecular complexity index is 402. The second-order valence-electron chi connectivity index (χ2n) is 6.08. The number of hydrogen-bond acceptors (Lipinski definition) is 4. The van der Waals surface area contributed by atoms with E-state index in [1.807, 2.05) is 11.3 Å². The van der Waals surface area contributed by atoms with E-state index in [1.54, 1.807) is 0 Å². The SMILES string of the molecule is CCCNC1(c2nc(C(C)C)cs2)CCCN(C)C1. The summed E-state index contributed by atoms with van der Waals surface area (Å²) in [7, 11) is 2.22. The lowest BCUT2D eigenvalue weighted by Gasteiger charge is -2.41. The second kappa shape index (κ2) is 6.33. The first-order valence-corrected chi connectivity index (χ1v) is 8.35. The van der Waals surface area contributed by atoms with Crippen LogP contribution in [-0.4, -0.2) is 36.6 Å². The van der Waals surface area contributed by atoms with Gasteiger partial charge in [0.05, 0.1) is 11.2 Å². The van der Waals surface area contributed by atoms with Crippen LogP contribution in [0.2, 0.25) is 0 Å². The molecule has 1 aliphatic rings. The average Bonchev–Trinajstić information content (AvgIpc) is 2.87. The van der Waals surface area contributed by atoms with E-state index in [0.29, 0.717) is 5.92 Å². The molecule has 1 aliphatic heterocycles. The molecule has 0 radical (unpaired) electrons. The van der Waals surface area contributed by atoms with Crippen LogP contribution in [0.15, 0.2) is 5.38 Å². The molecule has 3 nitrogen and oxygen atoms in total. The summed E-state index contributed by atoms with van der Waals surface area (Å²) in [6.45, 7) is 10.0. The van der Waals surface area contributed by atoms with E-state index in [0.717, 1.165) is 13.1 Å². The molecule has 0 spiro atoms. The summed E-state index contributed by atoms with van der Waals surface area (Å²) in [6, 6.07) is 0. The summed E-state index contributed by atoms with van der Waals surface area (Å²) < 4.78 is 0. The van der Waals surface area contributed by atoms with Gasteiger partial charge < -0.3 is 10.2 Å². The lowest BCUT2D eigenvalue weighted by molar-refractivity contribution is 0.143. The molecule has 2 heterocycles. The van der Waals surface area contributed by atoms with Crippen LogP contribution in [0.1, 0.15) is 56.7 Å². The Hall–Kier alpha value is -0.450. The number of rotatable bonds is 5. The molecule has 1 saturated heterocycles. The predicted octanol–water partition coefficient (Wildman–Crippen LogP) is 3.19. The van der Waals surface area contributed by atoms with E-state index in [1.165, 1.54) is 36.5 Å². The Morgan fingerprint density at radius 3 is 2.89 bits per heavy atom. The maximum atomic E-state index is 4.92. The zero-order valence-electron chi connectivity index (χ0n) is 12.7. The molecule has 1 aromatic rings. The second-order valence-corrected chi connectivity index (χ2v) is 6.94. The van der Waals surface area contributed by atoms with E-state index in [2.05, 4.69) is 43.4 Å². The first kappa shape index (κ1) is 14.9. The summed E-state index contributed by atoms with van der Waals surface area (Å²) in [5.41, 5.74) is 1.33. The summed E-state index contributed by atoms with van der Waals surface area (Å²) in [5.74, 6) is 0.523. The Morgan fingerprint density at radius 2 is 2.32 bits per heavy atom. The smallest absolute Gasteiger partial charge is 0.114 e. The number of aromatic nitrogens is 1. The van der Waals surface area contributed by atoms with Crippen molar-refractivity contribution in [2.75, 3.05) is 26.7 Å². The summed E-state index contributed by atoms with van der Waals surface area (Å²) in [6.07, 6.45) is 3.64. The van der Waals surface area contributed by atoms with Gasteiger partial charge in [0.1, 0.15) is 5.01 Å². The monoisotopic (exact) mass is 281 g/mol. The minimum Gasteiger partial charge on any atom is -0.304 e. The zero-order chi connectivity index (χ0) is 13.9. The Morgan fingerprint density at radius 1 is 1.53 bits per heavy atom. The lowest BCUT2D eigenvalue weighted by Crippen LogP contribution is -2.53. The van der Waals surface area contributed by atoms with Gasteiger partial charge in [-0.25, -0.2) is 4.98 Å². The van der Waals surface area contributed by atoms with Gasteiger partial charge in [-0.1, -0.05) is 20.8 Å². The Labute approximate surface area is 121 Å². The fourth-order valence-electron chi connectivity index (χ4n) is 2.80. The Balaban J connectivity index is 2.24. The fraction of sp³-hybridized carbons (Fsp3) is 0.800. The maximum Gasteiger partial charge on any atom is 0.114 e. The number of nitrogens with zero attached hydrogens (tertiary/aromatic N) is 2. The molecule has 0 aliphatic carbocycles. The van der Waals surface area contributed by atoms with Gasteiger partial charge in [0, 0.05) is 11.9 Å². The zero-order valence-corrected chi connectivity index (χ0v) is 13.5. The van der Waals surface area contributed by atoms with Crippen LogP contribution >= 0.6 is 11.3 Å². The minimum absolute atomic E-state index is 0.0841. The molecular formula is C15H27N3S. The van der Waals surface area contributed by atoms with Gasteiger partial charge in [-0.3, -0.25) is 0 Å². The molecule has 0 amide bonds. The number of nitrogens with one attached hydrogen (secondary N) is 1. The van der Waals surface area contributed by atoms with Crippen molar-refractivity contribution in [2.24, 2.45) is 0 Å². The highest BCUT2D eigenvalue weighted by molar-refractivity contribution is 7.09. The lowest BCUT2D eigenvalue weighted by atomic mass is 9.89. The van der Waals surface area contributed by atoms with Crippen LogP contribution in [-0.2, 0) is 5.54 Å². The first-order chi connectivity index (χ1) is 9.07. The summed E-state index contributed by atoms with van der Waals surface area (Å²) >= 11 is 1.84. The third kappa shape index (κ3) is 3.36. The van der Waals surface area contributed by atoms with Crippen LogP contribution in [0.3, 0.4) is 0 Å². The number of thiazole rings is 1. The molecule has 2 rings (SSSR count). The summed E-state index contributed by atoms with van der Waals surface area (Å²) in [4.78, 5) is 7.36. The molecule has 1 atom stereocenters. The van der Waals surface area contributed by atoms with Crippen molar-refractivity contribution in [1.82, 2.24) is 15.2 Å². The molecule has 1 unspecified atom stereocenters. The maximum absolute atomic E-state index is 4.92. The van der Waals surface area contributed by atoms with E-state index in [-0.39, 0.29) is 5.54 Å². The van der Waals surface area contributed by atoms with Crippen molar-refractivity contribution in [3.63, 3.8) is 0 Å². The molecule has 0 aromatic carbocycles. The third-order valence-electron chi connectivity index (χ3n) is 3.92. The van der Waals surface area contributed by atoms with Gasteiger partial charge >= 0.3 is 0 Å². The molecule has 19 heavy (non-hydrogen) atoms. The van der Waals surface area contributed by atoms with E-state index in [4.69, 9.17) is 4.98 Å². The van der Waals surface area contributed by atoms with Crippen LogP contribution in [0.25, 0.3) is 0 Å². The van der Waals surface area contributed by atoms with Crippen molar-refractivity contribution >= 4 is 11.3 Å². The number of likely N-dealkylation sites (tertiary alicyclic amines) is 1. The molecule has 0 bridgehead atoms. The highest BCUT2D eigenvalue weighted by Crippen LogP contribution is 2.34. The number of hydrogen-bond donors (Lipinski definition) is 1. The molecule has 1 fully saturated rings. The highest BCUT2D eigenvalue weighted by Gasteiger charge is 2.38. The van der Waals surface area contributed by atoms with Gasteiger partial charge in [-0.15, -0.1) is 11.3 Å². The van der Waals surface area contributed by atoms with Gasteiger partial charge in [0.2, 0.25) is 0 Å². The molecule has 1 aromatic heterocycles. The van der Waals surface area contributed by atoms with Gasteiger partial charge in [-0.05, 0) is 45.3 Å². The topological polar surface area (TPSA) is 28.2 Å². The highest BCUT2D eigenvalue weighted by atomic mass is 32.1. The molecule has 108 valence electrons. The van der Waals surface area contributed by atoms with Crippen molar-refractivity contribution in [1.29, 1.82) is 0 Å². The number of piperidine rings is 1. The molecule has 4 heteroatoms. The first-order valence-electron chi connectivity index (χ1n) is 7.47. The van der Waals surface area contributed by atoms with E-state index < -0.39 is 0 Å². The van der Waals surface area contributed by atoms with Crippen LogP contribution in [0.5, 0.6) is 0 Å². The normalized spacial score (nSPS) is 25.1. The van der Waals surface area contributed by atoms with Crippen molar-refractivity contribution in [3.8, 4) is 0 Å². The van der Waals surface area contributed by atoms with Gasteiger partial charge in [-0.2, -0.15) is 0 Å². The fourth-order valence-corrected chi connectivity index (χ4v) is 3.98. The van der Waals surface area contributed by atoms with Crippen molar-refractivity contribution in [3.05, 3.63) is 16.1 Å². The van der Waals surface area contributed by atoms with Crippen molar-refractivity contribution < 1.29 is 0 Å². The van der Waals surface area contributed by atoms with E-state index >= 15 is 0 Å². The number of likely N-dealkylation sites (N-methyl/N-ethyl adjacent to an activating group) is 1. The standard InChI is InChI=1S/C15H27N3S/c1-5-8-16-15(7-6-9-18(4)11-15)14-17-13(10-19-14)12(2)3/h10,12,16H,5-9,11H2,1-4H3. The largest absolute Gasteiger partial charge is 0.304 e. The van der Waals surface area contributed by atoms with Crippen LogP contribution in [0, 0.1) is 0 Å². The molecular weight excluding hydrogens is 254 g/mol. The average molecular weight is 281 g/mol. The quantitative estimate of drug-likeness (QED) is 0.898. The van der Waals surface area contributed by atoms with Crippen LogP contribution < -0.4 is 5.32 Å². The summed E-state index contributed by atoms with van der Waals surface area (Å²) in [5, 5.41) is 7.32. The molecule has 0 saturated carbocycles.